The van der Waals surface area contributed by atoms with E-state index in [9.17, 15) is 24.0 Å². The lowest BCUT2D eigenvalue weighted by molar-refractivity contribution is -0.123. The molecule has 1 saturated heterocycles. The number of carbonyl (C=O) groups is 5. The number of anilines is 1. The number of amides is 2. The molecule has 0 aromatic heterocycles. The summed E-state index contributed by atoms with van der Waals surface area (Å²) < 4.78 is 10.5. The van der Waals surface area contributed by atoms with E-state index < -0.39 is 24.3 Å². The van der Waals surface area contributed by atoms with E-state index in [1.54, 1.807) is 24.3 Å². The molecule has 2 amide bonds. The molecule has 2 bridgehead atoms. The first-order chi connectivity index (χ1) is 19.3. The zero-order chi connectivity index (χ0) is 28.0. The number of ketones is 1. The van der Waals surface area contributed by atoms with Gasteiger partial charge in [-0.15, -0.1) is 0 Å². The fourth-order valence-corrected chi connectivity index (χ4v) is 5.77. The van der Waals surface area contributed by atoms with Crippen molar-refractivity contribution in [1.82, 2.24) is 0 Å². The molecule has 2 fully saturated rings. The molecule has 4 unspecified atom stereocenters. The first kappa shape index (κ1) is 25.4. The summed E-state index contributed by atoms with van der Waals surface area (Å²) in [6.07, 6.45) is 4.93. The summed E-state index contributed by atoms with van der Waals surface area (Å²) in [5.74, 6) is -2.11. The van der Waals surface area contributed by atoms with Crippen molar-refractivity contribution >= 4 is 35.2 Å². The largest absolute Gasteiger partial charge is 0.454 e. The highest BCUT2D eigenvalue weighted by Gasteiger charge is 2.59. The Morgan fingerprint density at radius 2 is 1.25 bits per heavy atom. The van der Waals surface area contributed by atoms with Crippen LogP contribution in [0.15, 0.2) is 84.9 Å². The third-order valence-electron chi connectivity index (χ3n) is 7.84. The minimum Gasteiger partial charge on any atom is -0.454 e. The highest BCUT2D eigenvalue weighted by Crippen LogP contribution is 2.53. The number of esters is 2. The maximum atomic E-state index is 13.0. The van der Waals surface area contributed by atoms with Gasteiger partial charge in [-0.2, -0.15) is 0 Å². The van der Waals surface area contributed by atoms with Gasteiger partial charge in [-0.05, 0) is 85.8 Å². The van der Waals surface area contributed by atoms with Crippen LogP contribution in [0.1, 0.15) is 43.1 Å². The van der Waals surface area contributed by atoms with Crippen molar-refractivity contribution in [2.24, 2.45) is 23.7 Å². The Balaban J connectivity index is 1.03. The molecule has 4 atom stereocenters. The van der Waals surface area contributed by atoms with Crippen molar-refractivity contribution in [3.63, 3.8) is 0 Å². The molecule has 0 N–H and O–H groups in total. The zero-order valence-corrected chi connectivity index (χ0v) is 21.6. The highest BCUT2D eigenvalue weighted by molar-refractivity contribution is 6.22. The zero-order valence-electron chi connectivity index (χ0n) is 21.6. The van der Waals surface area contributed by atoms with Gasteiger partial charge in [0.25, 0.3) is 0 Å². The Bertz CT molecular complexity index is 1520. The summed E-state index contributed by atoms with van der Waals surface area (Å²) in [4.78, 5) is 64.6. The van der Waals surface area contributed by atoms with Crippen molar-refractivity contribution in [2.45, 2.75) is 13.3 Å². The van der Waals surface area contributed by atoms with Crippen LogP contribution >= 0.6 is 0 Å². The molecule has 6 rings (SSSR count). The number of benzene rings is 3. The Morgan fingerprint density at radius 1 is 0.725 bits per heavy atom. The summed E-state index contributed by atoms with van der Waals surface area (Å²) in [5, 5.41) is 0. The number of fused-ring (bicyclic) bond motifs is 5. The Hall–Kier alpha value is -4.85. The molecule has 3 aromatic carbocycles. The van der Waals surface area contributed by atoms with Gasteiger partial charge in [-0.25, -0.2) is 9.59 Å². The number of carbonyl (C=O) groups excluding carboxylic acids is 5. The van der Waals surface area contributed by atoms with Crippen LogP contribution in [0, 0.1) is 30.6 Å². The summed E-state index contributed by atoms with van der Waals surface area (Å²) >= 11 is 0. The highest BCUT2D eigenvalue weighted by atomic mass is 16.5. The van der Waals surface area contributed by atoms with E-state index in [0.717, 1.165) is 12.0 Å². The van der Waals surface area contributed by atoms with E-state index in [1.807, 2.05) is 31.2 Å². The second kappa shape index (κ2) is 10.0. The number of ether oxygens (including phenoxy) is 2. The van der Waals surface area contributed by atoms with Crippen LogP contribution in [-0.2, 0) is 14.3 Å². The fourth-order valence-electron chi connectivity index (χ4n) is 5.77. The van der Waals surface area contributed by atoms with Crippen LogP contribution < -0.4 is 9.64 Å². The summed E-state index contributed by atoms with van der Waals surface area (Å²) in [5.41, 5.74) is 2.34. The van der Waals surface area contributed by atoms with Crippen molar-refractivity contribution < 1.29 is 33.4 Å². The molecule has 1 saturated carbocycles. The molecule has 2 aliphatic carbocycles. The van der Waals surface area contributed by atoms with Crippen molar-refractivity contribution in [3.8, 4) is 5.75 Å². The molecule has 1 aliphatic heterocycles. The number of imide groups is 1. The van der Waals surface area contributed by atoms with Crippen molar-refractivity contribution in [3.05, 3.63) is 107 Å². The maximum absolute atomic E-state index is 13.0. The van der Waals surface area contributed by atoms with E-state index in [0.29, 0.717) is 16.8 Å². The van der Waals surface area contributed by atoms with Crippen LogP contribution in [0.3, 0.4) is 0 Å². The predicted octanol–water partition coefficient (Wildman–Crippen LogP) is 4.57. The van der Waals surface area contributed by atoms with E-state index in [4.69, 9.17) is 9.47 Å². The summed E-state index contributed by atoms with van der Waals surface area (Å²) in [6.45, 7) is 1.44. The van der Waals surface area contributed by atoms with Gasteiger partial charge in [0.2, 0.25) is 11.8 Å². The average Bonchev–Trinajstić information content (AvgIpc) is 3.66. The molecule has 8 heteroatoms. The molecular formula is C32H25NO7. The number of hydrogen-bond donors (Lipinski definition) is 0. The number of aryl methyl sites for hydroxylation is 1. The standard InChI is InChI=1S/C32H25NO7/c1-18-2-4-21(5-3-18)32(38)40-25-14-10-19(11-15-25)26(34)17-39-31(37)20-8-12-24(13-9-20)33-29(35)27-22-6-7-23(16-22)28(27)30(33)36/h2-15,22-23,27-28H,16-17H2,1H3. The van der Waals surface area contributed by atoms with Gasteiger partial charge in [0.15, 0.2) is 12.4 Å². The lowest BCUT2D eigenvalue weighted by Gasteiger charge is -2.17. The van der Waals surface area contributed by atoms with Crippen molar-refractivity contribution in [2.75, 3.05) is 11.5 Å². The first-order valence-corrected chi connectivity index (χ1v) is 13.1. The van der Waals surface area contributed by atoms with Gasteiger partial charge in [0, 0.05) is 5.56 Å². The fraction of sp³-hybridized carbons (Fsp3) is 0.219. The molecule has 3 aromatic rings. The number of Topliss-reactive ketones (excluding diaryl/α,β-unsaturated/α-hetero) is 1. The SMILES string of the molecule is Cc1ccc(C(=O)Oc2ccc(C(=O)COC(=O)c3ccc(N4C(=O)C5C6C=CC(C6)C5C4=O)cc3)cc2)cc1. The Labute approximate surface area is 230 Å². The smallest absolute Gasteiger partial charge is 0.343 e. The minimum atomic E-state index is -0.707. The van der Waals surface area contributed by atoms with Crippen LogP contribution in [0.4, 0.5) is 5.69 Å². The van der Waals surface area contributed by atoms with Crippen LogP contribution in [0.5, 0.6) is 5.75 Å². The molecule has 3 aliphatic rings. The summed E-state index contributed by atoms with van der Waals surface area (Å²) in [6, 6.07) is 19.0. The number of hydrogen-bond acceptors (Lipinski definition) is 7. The van der Waals surface area contributed by atoms with Crippen LogP contribution in [0.25, 0.3) is 0 Å². The van der Waals surface area contributed by atoms with Gasteiger partial charge in [-0.1, -0.05) is 29.8 Å². The lowest BCUT2D eigenvalue weighted by Crippen LogP contribution is -2.32. The predicted molar refractivity (Wildman–Crippen MR) is 144 cm³/mol. The molecule has 1 heterocycles. The van der Waals surface area contributed by atoms with E-state index in [-0.39, 0.29) is 46.8 Å². The second-order valence-electron chi connectivity index (χ2n) is 10.3. The first-order valence-electron chi connectivity index (χ1n) is 13.1. The quantitative estimate of drug-likeness (QED) is 0.143. The van der Waals surface area contributed by atoms with E-state index >= 15 is 0 Å². The monoisotopic (exact) mass is 535 g/mol. The normalized spacial score (nSPS) is 22.4. The van der Waals surface area contributed by atoms with Gasteiger partial charge in [0.1, 0.15) is 5.75 Å². The number of rotatable bonds is 7. The van der Waals surface area contributed by atoms with Crippen molar-refractivity contribution in [1.29, 1.82) is 0 Å². The third-order valence-corrected chi connectivity index (χ3v) is 7.84. The van der Waals surface area contributed by atoms with Gasteiger partial charge < -0.3 is 9.47 Å². The molecule has 0 spiro atoms. The van der Waals surface area contributed by atoms with Gasteiger partial charge in [0.05, 0.1) is 28.7 Å². The van der Waals surface area contributed by atoms with Gasteiger partial charge >= 0.3 is 11.9 Å². The third kappa shape index (κ3) is 4.51. The van der Waals surface area contributed by atoms with Crippen LogP contribution in [0.2, 0.25) is 0 Å². The van der Waals surface area contributed by atoms with E-state index in [2.05, 4.69) is 0 Å². The minimum absolute atomic E-state index is 0.119. The number of nitrogens with zero attached hydrogens (tertiary/aromatic N) is 1. The Kier molecular flexibility index (Phi) is 6.38. The molecule has 200 valence electrons. The topological polar surface area (TPSA) is 107 Å². The average molecular weight is 536 g/mol. The number of allylic oxidation sites excluding steroid dienone is 2. The molecule has 8 nitrogen and oxygen atoms in total. The molecule has 0 radical (unpaired) electrons. The maximum Gasteiger partial charge on any atom is 0.343 e. The van der Waals surface area contributed by atoms with Crippen LogP contribution in [-0.4, -0.2) is 36.1 Å². The van der Waals surface area contributed by atoms with Gasteiger partial charge in [-0.3, -0.25) is 19.3 Å². The lowest BCUT2D eigenvalue weighted by atomic mass is 9.85. The van der Waals surface area contributed by atoms with E-state index in [1.165, 1.54) is 41.3 Å². The molecular weight excluding hydrogens is 510 g/mol. The summed E-state index contributed by atoms with van der Waals surface area (Å²) in [7, 11) is 0. The molecule has 40 heavy (non-hydrogen) atoms. The second-order valence-corrected chi connectivity index (χ2v) is 10.3. The Morgan fingerprint density at radius 3 is 1.85 bits per heavy atom.